The van der Waals surface area contributed by atoms with Gasteiger partial charge in [0.2, 0.25) is 0 Å². The molecule has 0 aromatic rings. The van der Waals surface area contributed by atoms with Crippen LogP contribution in [-0.4, -0.2) is 16.2 Å². The monoisotopic (exact) mass is 144 g/mol. The van der Waals surface area contributed by atoms with Crippen molar-refractivity contribution in [1.29, 1.82) is 0 Å². The van der Waals surface area contributed by atoms with Crippen LogP contribution < -0.4 is 0 Å². The third-order valence-corrected chi connectivity index (χ3v) is 0. The maximum Gasteiger partial charge on any atom is 0 e. The maximum atomic E-state index is 8.28. The van der Waals surface area contributed by atoms with E-state index in [1.807, 2.05) is 0 Å². The van der Waals surface area contributed by atoms with Gasteiger partial charge < -0.3 is 0 Å². The van der Waals surface area contributed by atoms with Crippen molar-refractivity contribution in [3.63, 3.8) is 0 Å². The van der Waals surface area contributed by atoms with E-state index < -0.39 is 0 Å². The maximum absolute atomic E-state index is 8.28. The summed E-state index contributed by atoms with van der Waals surface area (Å²) < 4.78 is 8.28. The first-order valence-corrected chi connectivity index (χ1v) is 0.866. The summed E-state index contributed by atoms with van der Waals surface area (Å²) in [5.74, 6) is 0. The first-order valence-electron chi connectivity index (χ1n) is 0.289. The van der Waals surface area contributed by atoms with E-state index in [1.165, 1.54) is 0 Å². The molecule has 0 aliphatic carbocycles. The Balaban J connectivity index is -0.00000000500. The molecule has 0 unspecified atom stereocenters. The Morgan fingerprint density at radius 2 is 1.25 bits per heavy atom. The molecule has 0 rings (SSSR count). The standard InChI is InChI=1S/Al.Cr.O.Ti.H. The van der Waals surface area contributed by atoms with Crippen LogP contribution in [0.1, 0.15) is 0 Å². The van der Waals surface area contributed by atoms with Crippen molar-refractivity contribution in [2.45, 2.75) is 0 Å². The molecule has 0 saturated heterocycles. The van der Waals surface area contributed by atoms with Crippen molar-refractivity contribution in [1.82, 2.24) is 0 Å². The number of hydrogen-bond acceptors (Lipinski definition) is 1. The Bertz CT molecular complexity index is 8.00. The molecule has 0 spiro atoms. The van der Waals surface area contributed by atoms with Gasteiger partial charge in [-0.2, -0.15) is 0 Å². The zero-order chi connectivity index (χ0) is 2.00. The Morgan fingerprint density at radius 3 is 1.25 bits per heavy atom. The van der Waals surface area contributed by atoms with Crippen molar-refractivity contribution in [3.05, 3.63) is 0 Å². The van der Waals surface area contributed by atoms with Crippen LogP contribution in [-0.2, 0) is 42.9 Å². The Kier molecular flexibility index (Phi) is 103. The fourth-order valence-corrected chi connectivity index (χ4v) is 0. The van der Waals surface area contributed by atoms with Gasteiger partial charge in [0.15, 0.2) is 0 Å². The summed E-state index contributed by atoms with van der Waals surface area (Å²) in [6, 6.07) is 0. The Hall–Kier alpha value is 1.58. The van der Waals surface area contributed by atoms with E-state index >= 15 is 0 Å². The summed E-state index contributed by atoms with van der Waals surface area (Å²) in [6.07, 6.45) is 0. The van der Waals surface area contributed by atoms with Crippen molar-refractivity contribution >= 4 is 16.2 Å². The van der Waals surface area contributed by atoms with Crippen LogP contribution in [0.4, 0.5) is 0 Å². The summed E-state index contributed by atoms with van der Waals surface area (Å²) in [4.78, 5) is 0. The molecular weight excluding hydrogens is 143 g/mol. The molecule has 1 nitrogen and oxygen atoms in total. The first-order chi connectivity index (χ1) is 1.00. The third-order valence-electron chi connectivity index (χ3n) is 0. The molecule has 0 aromatic heterocycles. The van der Waals surface area contributed by atoms with Crippen molar-refractivity contribution in [2.75, 3.05) is 0 Å². The molecule has 0 bridgehead atoms. The van der Waals surface area contributed by atoms with E-state index in [2.05, 4.69) is 0 Å². The minimum absolute atomic E-state index is 0. The van der Waals surface area contributed by atoms with E-state index in [-0.39, 0.29) is 39.1 Å². The van der Waals surface area contributed by atoms with E-state index in [4.69, 9.17) is 3.80 Å². The molecule has 0 radical (unpaired) electrons. The topological polar surface area (TPSA) is 17.1 Å². The fraction of sp³-hybridized carbons (Fsp3) is 0. The van der Waals surface area contributed by atoms with Gasteiger partial charge in [0.1, 0.15) is 0 Å². The summed E-state index contributed by atoms with van der Waals surface area (Å²) in [5.41, 5.74) is 0. The average Bonchev–Trinajstić information content (AvgIpc) is 1.00. The van der Waals surface area contributed by atoms with Crippen LogP contribution in [0.3, 0.4) is 0 Å². The molecule has 0 saturated carbocycles. The molecule has 0 amide bonds. The summed E-state index contributed by atoms with van der Waals surface area (Å²) >= 11 is 0.611. The van der Waals surface area contributed by atoms with Gasteiger partial charge in [-0.1, -0.05) is 0 Å². The van der Waals surface area contributed by atoms with E-state index in [0.29, 0.717) is 16.2 Å². The molecule has 0 fully saturated rings. The molecular formula is HAlCrOTi. The van der Waals surface area contributed by atoms with Gasteiger partial charge in [-0.25, -0.2) is 0 Å². The van der Waals surface area contributed by atoms with Gasteiger partial charge in [0.05, 0.1) is 0 Å². The van der Waals surface area contributed by atoms with Gasteiger partial charge in [-0.3, -0.25) is 0 Å². The molecule has 0 aliphatic rings. The average molecular weight is 144 g/mol. The smallest absolute Gasteiger partial charge is 0 e. The van der Waals surface area contributed by atoms with Gasteiger partial charge >= 0.3 is 20.0 Å². The second-order valence-corrected chi connectivity index (χ2v) is 0. The van der Waals surface area contributed by atoms with Crippen LogP contribution in [0.5, 0.6) is 0 Å². The molecule has 0 aromatic carbocycles. The quantitative estimate of drug-likeness (QED) is 0.408. The van der Waals surface area contributed by atoms with Gasteiger partial charge in [-0.15, -0.1) is 0 Å². The summed E-state index contributed by atoms with van der Waals surface area (Å²) in [6.45, 7) is 0. The first kappa shape index (κ1) is 17.6. The zero-order valence-electron chi connectivity index (χ0n) is 2.02. The van der Waals surface area contributed by atoms with Crippen molar-refractivity contribution in [3.8, 4) is 0 Å². The molecule has 0 aliphatic heterocycles. The molecule has 0 atom stereocenters. The predicted molar refractivity (Wildman–Crippen MR) is 7.84 cm³/mol. The predicted octanol–water partition coefficient (Wildman–Crippen LogP) is -0.772. The van der Waals surface area contributed by atoms with Gasteiger partial charge in [0, 0.05) is 39.1 Å². The molecule has 4 heavy (non-hydrogen) atoms. The van der Waals surface area contributed by atoms with Crippen LogP contribution in [0, 0.1) is 0 Å². The van der Waals surface area contributed by atoms with Crippen LogP contribution in [0.25, 0.3) is 0 Å². The number of hydrogen-bond donors (Lipinski definition) is 0. The van der Waals surface area contributed by atoms with Crippen LogP contribution in [0.2, 0.25) is 0 Å². The van der Waals surface area contributed by atoms with Gasteiger partial charge in [0.25, 0.3) is 0 Å². The summed E-state index contributed by atoms with van der Waals surface area (Å²) in [7, 11) is 0. The Labute approximate surface area is 58.8 Å². The summed E-state index contributed by atoms with van der Waals surface area (Å²) in [5, 5.41) is 0. The van der Waals surface area contributed by atoms with Crippen molar-refractivity contribution < 1.29 is 42.9 Å². The van der Waals surface area contributed by atoms with Crippen LogP contribution in [0.15, 0.2) is 0 Å². The second-order valence-electron chi connectivity index (χ2n) is 0. The molecule has 0 N–H and O–H groups in total. The number of rotatable bonds is 0. The van der Waals surface area contributed by atoms with Crippen molar-refractivity contribution in [2.24, 2.45) is 0 Å². The molecule has 0 heterocycles. The third kappa shape index (κ3) is 9.55. The SMILES string of the molecule is [Cr].[O]=[AlH].[Ti]. The molecule has 4 heteroatoms. The fourth-order valence-electron chi connectivity index (χ4n) is 0. The van der Waals surface area contributed by atoms with E-state index in [9.17, 15) is 0 Å². The molecule has 20 valence electrons. The van der Waals surface area contributed by atoms with Crippen LogP contribution >= 0.6 is 0 Å². The minimum Gasteiger partial charge on any atom is 0 e. The largest absolute Gasteiger partial charge is 0 e. The van der Waals surface area contributed by atoms with E-state index in [1.54, 1.807) is 0 Å². The van der Waals surface area contributed by atoms with Gasteiger partial charge in [-0.05, 0) is 0 Å². The second kappa shape index (κ2) is 23.5. The normalized spacial score (nSPS) is 0.750. The van der Waals surface area contributed by atoms with E-state index in [0.717, 1.165) is 0 Å². The minimum atomic E-state index is 0. The Morgan fingerprint density at radius 1 is 1.25 bits per heavy atom. The zero-order valence-corrected chi connectivity index (χ0v) is 6.27.